The van der Waals surface area contributed by atoms with Gasteiger partial charge in [-0.2, -0.15) is 5.26 Å². The van der Waals surface area contributed by atoms with Crippen LogP contribution in [0, 0.1) is 29.6 Å². The van der Waals surface area contributed by atoms with E-state index < -0.39 is 0 Å². The van der Waals surface area contributed by atoms with Crippen LogP contribution in [-0.4, -0.2) is 11.0 Å². The lowest BCUT2D eigenvalue weighted by Crippen LogP contribution is -2.34. The molecule has 0 unspecified atom stereocenters. The Morgan fingerprint density at radius 1 is 1.36 bits per heavy atom. The van der Waals surface area contributed by atoms with Crippen LogP contribution < -0.4 is 10.6 Å². The molecule has 0 aliphatic heterocycles. The minimum Gasteiger partial charge on any atom is -0.323 e. The van der Waals surface area contributed by atoms with Crippen molar-refractivity contribution in [3.8, 4) is 6.07 Å². The van der Waals surface area contributed by atoms with Crippen molar-refractivity contribution in [2.45, 2.75) is 47.0 Å². The number of thiocarbonyl (C=S) groups is 1. The third kappa shape index (κ3) is 4.43. The van der Waals surface area contributed by atoms with Crippen molar-refractivity contribution in [3.63, 3.8) is 0 Å². The molecular formula is C22H25N3OS2. The van der Waals surface area contributed by atoms with Crippen molar-refractivity contribution in [2.75, 3.05) is 5.32 Å². The number of amides is 1. The maximum Gasteiger partial charge on any atom is 0.257 e. The molecule has 1 aromatic heterocycles. The second-order valence-corrected chi connectivity index (χ2v) is 9.92. The molecule has 28 heavy (non-hydrogen) atoms. The number of nitrogens with one attached hydrogen (secondary N) is 2. The minimum absolute atomic E-state index is 0.217. The molecule has 1 aliphatic carbocycles. The molecule has 0 fully saturated rings. The zero-order valence-electron chi connectivity index (χ0n) is 16.7. The van der Waals surface area contributed by atoms with Gasteiger partial charge in [-0.1, -0.05) is 38.5 Å². The molecule has 0 radical (unpaired) electrons. The monoisotopic (exact) mass is 411 g/mol. The Bertz CT molecular complexity index is 963. The number of aryl methyl sites for hydroxylation is 1. The fraction of sp³-hybridized carbons (Fsp3) is 0.409. The summed E-state index contributed by atoms with van der Waals surface area (Å²) in [6.07, 6.45) is 3.00. The van der Waals surface area contributed by atoms with Gasteiger partial charge in [0.1, 0.15) is 11.1 Å². The molecule has 0 spiro atoms. The number of carbonyl (C=O) groups excluding carboxylic acids is 1. The molecular weight excluding hydrogens is 386 g/mol. The van der Waals surface area contributed by atoms with Crippen LogP contribution in [0.3, 0.4) is 0 Å². The van der Waals surface area contributed by atoms with E-state index in [2.05, 4.69) is 37.5 Å². The molecule has 0 saturated carbocycles. The molecule has 1 amide bonds. The summed E-state index contributed by atoms with van der Waals surface area (Å²) in [7, 11) is 0. The van der Waals surface area contributed by atoms with Crippen molar-refractivity contribution in [2.24, 2.45) is 11.3 Å². The largest absolute Gasteiger partial charge is 0.323 e. The zero-order chi connectivity index (χ0) is 20.5. The quantitative estimate of drug-likeness (QED) is 0.666. The summed E-state index contributed by atoms with van der Waals surface area (Å²) in [5, 5.41) is 16.4. The Morgan fingerprint density at radius 3 is 2.75 bits per heavy atom. The van der Waals surface area contributed by atoms with E-state index in [1.165, 1.54) is 4.88 Å². The van der Waals surface area contributed by atoms with E-state index in [1.54, 1.807) is 17.4 Å². The topological polar surface area (TPSA) is 64.9 Å². The summed E-state index contributed by atoms with van der Waals surface area (Å²) in [5.41, 5.74) is 3.63. The van der Waals surface area contributed by atoms with Gasteiger partial charge in [0.25, 0.3) is 5.91 Å². The van der Waals surface area contributed by atoms with Gasteiger partial charge in [-0.25, -0.2) is 0 Å². The van der Waals surface area contributed by atoms with Crippen molar-refractivity contribution in [1.82, 2.24) is 5.32 Å². The number of anilines is 1. The smallest absolute Gasteiger partial charge is 0.257 e. The molecule has 2 aromatic rings. The summed E-state index contributed by atoms with van der Waals surface area (Å²) in [5.74, 6) is 0.347. The van der Waals surface area contributed by atoms with E-state index in [0.717, 1.165) is 35.4 Å². The van der Waals surface area contributed by atoms with Crippen LogP contribution in [-0.2, 0) is 12.8 Å². The van der Waals surface area contributed by atoms with Gasteiger partial charge < -0.3 is 5.32 Å². The second-order valence-electron chi connectivity index (χ2n) is 8.40. The van der Waals surface area contributed by atoms with Crippen LogP contribution in [0.4, 0.5) is 5.00 Å². The fourth-order valence-electron chi connectivity index (χ4n) is 3.63. The SMILES string of the molecule is Cc1cccc(C(=O)NC(=S)Nc2sc3c(c2C#N)CC[C@H](C(C)(C)C)C3)c1. The number of hydrogen-bond donors (Lipinski definition) is 2. The maximum atomic E-state index is 12.4. The Morgan fingerprint density at radius 2 is 2.11 bits per heavy atom. The Labute approximate surface area is 176 Å². The van der Waals surface area contributed by atoms with E-state index in [-0.39, 0.29) is 16.4 Å². The number of nitriles is 1. The normalized spacial score (nSPS) is 16.0. The van der Waals surface area contributed by atoms with Crippen LogP contribution in [0.25, 0.3) is 0 Å². The van der Waals surface area contributed by atoms with Crippen LogP contribution in [0.1, 0.15) is 59.1 Å². The average Bonchev–Trinajstić information content (AvgIpc) is 2.96. The molecule has 6 heteroatoms. The molecule has 2 N–H and O–H groups in total. The van der Waals surface area contributed by atoms with Gasteiger partial charge in [0.05, 0.1) is 5.56 Å². The van der Waals surface area contributed by atoms with Gasteiger partial charge in [-0.15, -0.1) is 11.3 Å². The summed E-state index contributed by atoms with van der Waals surface area (Å²) in [6, 6.07) is 9.68. The first kappa shape index (κ1) is 20.5. The molecule has 1 heterocycles. The maximum absolute atomic E-state index is 12.4. The Hall–Kier alpha value is -2.23. The predicted octanol–water partition coefficient (Wildman–Crippen LogP) is 5.21. The Balaban J connectivity index is 1.74. The Kier molecular flexibility index (Phi) is 5.87. The molecule has 0 saturated heterocycles. The summed E-state index contributed by atoms with van der Waals surface area (Å²) in [6.45, 7) is 8.76. The molecule has 1 aliphatic rings. The summed E-state index contributed by atoms with van der Waals surface area (Å²) in [4.78, 5) is 13.7. The highest BCUT2D eigenvalue weighted by molar-refractivity contribution is 7.80. The van der Waals surface area contributed by atoms with Crippen molar-refractivity contribution < 1.29 is 4.79 Å². The third-order valence-electron chi connectivity index (χ3n) is 5.34. The van der Waals surface area contributed by atoms with Crippen molar-refractivity contribution in [3.05, 3.63) is 51.4 Å². The lowest BCUT2D eigenvalue weighted by atomic mass is 9.72. The predicted molar refractivity (Wildman–Crippen MR) is 119 cm³/mol. The molecule has 4 nitrogen and oxygen atoms in total. The molecule has 3 rings (SSSR count). The minimum atomic E-state index is -0.256. The number of fused-ring (bicyclic) bond motifs is 1. The van der Waals surface area contributed by atoms with E-state index >= 15 is 0 Å². The van der Waals surface area contributed by atoms with Gasteiger partial charge in [-0.3, -0.25) is 10.1 Å². The highest BCUT2D eigenvalue weighted by atomic mass is 32.1. The first-order chi connectivity index (χ1) is 13.2. The van der Waals surface area contributed by atoms with E-state index in [0.29, 0.717) is 17.0 Å². The van der Waals surface area contributed by atoms with E-state index in [1.807, 2.05) is 25.1 Å². The van der Waals surface area contributed by atoms with Crippen molar-refractivity contribution in [1.29, 1.82) is 5.26 Å². The van der Waals surface area contributed by atoms with Gasteiger partial charge in [0.15, 0.2) is 5.11 Å². The highest BCUT2D eigenvalue weighted by Crippen LogP contribution is 2.43. The van der Waals surface area contributed by atoms with Gasteiger partial charge in [-0.05, 0) is 67.4 Å². The van der Waals surface area contributed by atoms with Crippen LogP contribution in [0.5, 0.6) is 0 Å². The van der Waals surface area contributed by atoms with Crippen LogP contribution in [0.15, 0.2) is 24.3 Å². The van der Waals surface area contributed by atoms with Crippen LogP contribution in [0.2, 0.25) is 0 Å². The molecule has 0 bridgehead atoms. The standard InChI is InChI=1S/C22H25N3OS2/c1-13-6-5-7-14(10-13)19(26)24-21(27)25-20-17(12-23)16-9-8-15(22(2,3)4)11-18(16)28-20/h5-7,10,15H,8-9,11H2,1-4H3,(H2,24,25,26,27)/t15-/m0/s1. The number of hydrogen-bond acceptors (Lipinski definition) is 4. The van der Waals surface area contributed by atoms with Crippen molar-refractivity contribution >= 4 is 39.6 Å². The average molecular weight is 412 g/mol. The number of carbonyl (C=O) groups is 1. The molecule has 1 aromatic carbocycles. The number of thiophene rings is 1. The van der Waals surface area contributed by atoms with Crippen LogP contribution >= 0.6 is 23.6 Å². The van der Waals surface area contributed by atoms with Gasteiger partial charge >= 0.3 is 0 Å². The number of benzene rings is 1. The lowest BCUT2D eigenvalue weighted by molar-refractivity contribution is 0.0977. The first-order valence-corrected chi connectivity index (χ1v) is 10.6. The lowest BCUT2D eigenvalue weighted by Gasteiger charge is -2.33. The number of nitrogens with zero attached hydrogens (tertiary/aromatic N) is 1. The van der Waals surface area contributed by atoms with Gasteiger partial charge in [0, 0.05) is 10.4 Å². The first-order valence-electron chi connectivity index (χ1n) is 9.42. The summed E-state index contributed by atoms with van der Waals surface area (Å²) >= 11 is 6.92. The van der Waals surface area contributed by atoms with E-state index in [4.69, 9.17) is 12.2 Å². The summed E-state index contributed by atoms with van der Waals surface area (Å²) < 4.78 is 0. The second kappa shape index (κ2) is 8.02. The molecule has 146 valence electrons. The fourth-order valence-corrected chi connectivity index (χ4v) is 5.17. The van der Waals surface area contributed by atoms with Gasteiger partial charge in [0.2, 0.25) is 0 Å². The zero-order valence-corrected chi connectivity index (χ0v) is 18.3. The highest BCUT2D eigenvalue weighted by Gasteiger charge is 2.32. The number of rotatable bonds is 2. The molecule has 1 atom stereocenters. The van der Waals surface area contributed by atoms with E-state index in [9.17, 15) is 10.1 Å². The third-order valence-corrected chi connectivity index (χ3v) is 6.71.